The molecule has 2 heterocycles. The molecule has 0 radical (unpaired) electrons. The summed E-state index contributed by atoms with van der Waals surface area (Å²) in [7, 11) is 0. The zero-order valence-corrected chi connectivity index (χ0v) is 21.6. The summed E-state index contributed by atoms with van der Waals surface area (Å²) in [6.45, 7) is 10.3. The zero-order valence-electron chi connectivity index (χ0n) is 20.8. The smallest absolute Gasteiger partial charge is 0.237 e. The van der Waals surface area contributed by atoms with Crippen molar-refractivity contribution >= 4 is 18.1 Å². The van der Waals surface area contributed by atoms with Gasteiger partial charge < -0.3 is 5.32 Å². The number of aryl methyl sites for hydroxylation is 2. The van der Waals surface area contributed by atoms with Crippen molar-refractivity contribution in [3.63, 3.8) is 0 Å². The van der Waals surface area contributed by atoms with Gasteiger partial charge in [-0.2, -0.15) is 0 Å². The van der Waals surface area contributed by atoms with Crippen LogP contribution in [0.4, 0.5) is 0 Å². The van der Waals surface area contributed by atoms with E-state index in [4.69, 9.17) is 17.3 Å². The maximum Gasteiger partial charge on any atom is 0.237 e. The lowest BCUT2D eigenvalue weighted by Gasteiger charge is -2.37. The maximum absolute atomic E-state index is 12.5. The Bertz CT molecular complexity index is 1230. The third kappa shape index (κ3) is 5.39. The van der Waals surface area contributed by atoms with E-state index in [0.717, 1.165) is 56.1 Å². The minimum Gasteiger partial charge on any atom is -0.352 e. The predicted molar refractivity (Wildman–Crippen MR) is 141 cm³/mol. The topological polar surface area (TPSA) is 58.3 Å². The van der Waals surface area contributed by atoms with E-state index >= 15 is 0 Å². The fourth-order valence-corrected chi connectivity index (χ4v) is 4.80. The van der Waals surface area contributed by atoms with E-state index in [1.165, 1.54) is 11.1 Å². The molecular weight excluding hydrogens is 456 g/mol. The number of rotatable bonds is 7. The molecular formula is C27H34N6OS. The van der Waals surface area contributed by atoms with Gasteiger partial charge in [0.05, 0.1) is 12.7 Å². The van der Waals surface area contributed by atoms with E-state index in [0.29, 0.717) is 17.5 Å². The van der Waals surface area contributed by atoms with Gasteiger partial charge in [0.25, 0.3) is 0 Å². The first kappa shape index (κ1) is 23.9. The number of piperazine rings is 1. The summed E-state index contributed by atoms with van der Waals surface area (Å²) in [5.74, 6) is 1.01. The van der Waals surface area contributed by atoms with Crippen LogP contribution >= 0.6 is 12.2 Å². The highest BCUT2D eigenvalue weighted by Crippen LogP contribution is 2.24. The third-order valence-corrected chi connectivity index (χ3v) is 7.43. The average molecular weight is 491 g/mol. The minimum atomic E-state index is -0.0891. The van der Waals surface area contributed by atoms with Crippen LogP contribution < -0.4 is 5.32 Å². The van der Waals surface area contributed by atoms with Crippen LogP contribution in [0.2, 0.25) is 0 Å². The number of benzene rings is 2. The van der Waals surface area contributed by atoms with Gasteiger partial charge in [-0.25, -0.2) is 4.68 Å². The number of hydrogen-bond acceptors (Lipinski definition) is 5. The normalized spacial score (nSPS) is 17.9. The monoisotopic (exact) mass is 490 g/mol. The molecule has 2 fully saturated rings. The zero-order chi connectivity index (χ0) is 24.5. The van der Waals surface area contributed by atoms with Crippen molar-refractivity contribution < 1.29 is 4.79 Å². The lowest BCUT2D eigenvalue weighted by molar-refractivity contribution is -0.126. The number of aromatic nitrogens is 3. The number of hydrogen-bond donors (Lipinski definition) is 1. The number of amides is 1. The Balaban J connectivity index is 1.34. The van der Waals surface area contributed by atoms with Crippen molar-refractivity contribution in [1.29, 1.82) is 0 Å². The third-order valence-electron chi connectivity index (χ3n) is 7.03. The summed E-state index contributed by atoms with van der Waals surface area (Å²) in [5, 5.41) is 8.11. The molecule has 2 aromatic carbocycles. The van der Waals surface area contributed by atoms with Crippen LogP contribution in [0.25, 0.3) is 17.1 Å². The molecule has 1 N–H and O–H groups in total. The highest BCUT2D eigenvalue weighted by molar-refractivity contribution is 7.71. The molecule has 0 spiro atoms. The van der Waals surface area contributed by atoms with E-state index in [-0.39, 0.29) is 11.9 Å². The van der Waals surface area contributed by atoms with Crippen molar-refractivity contribution in [2.75, 3.05) is 26.2 Å². The van der Waals surface area contributed by atoms with Gasteiger partial charge in [-0.1, -0.05) is 47.5 Å². The van der Waals surface area contributed by atoms with Gasteiger partial charge in [0.1, 0.15) is 0 Å². The second kappa shape index (κ2) is 10.0. The highest BCUT2D eigenvalue weighted by Gasteiger charge is 2.30. The van der Waals surface area contributed by atoms with Crippen LogP contribution in [0.5, 0.6) is 0 Å². The number of nitrogens with one attached hydrogen (secondary N) is 1. The molecule has 1 atom stereocenters. The summed E-state index contributed by atoms with van der Waals surface area (Å²) in [6, 6.07) is 17.1. The summed E-state index contributed by atoms with van der Waals surface area (Å²) < 4.78 is 4.69. The summed E-state index contributed by atoms with van der Waals surface area (Å²) in [6.07, 6.45) is 2.24. The van der Waals surface area contributed by atoms with Gasteiger partial charge in [-0.15, -0.1) is 5.10 Å². The minimum absolute atomic E-state index is 0.0891. The molecule has 1 aromatic heterocycles. The Morgan fingerprint density at radius 2 is 1.60 bits per heavy atom. The molecule has 5 rings (SSSR count). The fourth-order valence-electron chi connectivity index (χ4n) is 4.51. The average Bonchev–Trinajstić information content (AvgIpc) is 3.62. The molecule has 8 heteroatoms. The van der Waals surface area contributed by atoms with Crippen molar-refractivity contribution in [2.45, 2.75) is 52.4 Å². The number of carbonyl (C=O) groups excluding carboxylic acids is 1. The van der Waals surface area contributed by atoms with E-state index in [2.05, 4.69) is 82.1 Å². The number of nitrogens with zero attached hydrogens (tertiary/aromatic N) is 5. The second-order valence-electron chi connectivity index (χ2n) is 9.90. The summed E-state index contributed by atoms with van der Waals surface area (Å²) >= 11 is 5.94. The SMILES string of the molecule is Cc1ccc(-c2nn(CN3CCN([C@@H](C)C(=O)NC4CC4)CC3)c(=S)n2-c2ccc(C)cc2)cc1. The Labute approximate surface area is 212 Å². The van der Waals surface area contributed by atoms with Crippen molar-refractivity contribution in [2.24, 2.45) is 0 Å². The fraction of sp³-hybridized carbons (Fsp3) is 0.444. The first-order valence-electron chi connectivity index (χ1n) is 12.5. The maximum atomic E-state index is 12.5. The van der Waals surface area contributed by atoms with Gasteiger partial charge in [0.2, 0.25) is 10.7 Å². The van der Waals surface area contributed by atoms with E-state index in [1.54, 1.807) is 0 Å². The van der Waals surface area contributed by atoms with Gasteiger partial charge in [-0.05, 0) is 58.0 Å². The van der Waals surface area contributed by atoms with Crippen LogP contribution in [0.15, 0.2) is 48.5 Å². The lowest BCUT2D eigenvalue weighted by Crippen LogP contribution is -2.54. The molecule has 35 heavy (non-hydrogen) atoms. The Hall–Kier alpha value is -2.81. The Morgan fingerprint density at radius 3 is 2.20 bits per heavy atom. The predicted octanol–water partition coefficient (Wildman–Crippen LogP) is 3.93. The van der Waals surface area contributed by atoms with Crippen LogP contribution in [-0.2, 0) is 11.5 Å². The van der Waals surface area contributed by atoms with Crippen LogP contribution in [-0.4, -0.2) is 68.3 Å². The molecule has 1 aliphatic carbocycles. The molecule has 0 unspecified atom stereocenters. The van der Waals surface area contributed by atoms with Gasteiger partial charge in [-0.3, -0.25) is 19.2 Å². The summed E-state index contributed by atoms with van der Waals surface area (Å²) in [4.78, 5) is 17.1. The number of carbonyl (C=O) groups is 1. The van der Waals surface area contributed by atoms with E-state index in [1.807, 2.05) is 11.6 Å². The molecule has 1 amide bonds. The van der Waals surface area contributed by atoms with Crippen molar-refractivity contribution in [3.05, 3.63) is 64.4 Å². The first-order valence-corrected chi connectivity index (χ1v) is 12.9. The molecule has 3 aromatic rings. The largest absolute Gasteiger partial charge is 0.352 e. The van der Waals surface area contributed by atoms with E-state index in [9.17, 15) is 4.79 Å². The molecule has 184 valence electrons. The molecule has 2 aliphatic rings. The lowest BCUT2D eigenvalue weighted by atomic mass is 10.1. The van der Waals surface area contributed by atoms with Gasteiger partial charge in [0, 0.05) is 43.5 Å². The standard InChI is InChI=1S/C27H34N6OS/c1-19-4-8-22(9-5-19)25-29-32(27(35)33(25)24-12-6-20(2)7-13-24)18-30-14-16-31(17-15-30)21(3)26(34)28-23-10-11-23/h4-9,12-13,21,23H,10-11,14-18H2,1-3H3,(H,28,34)/t21-/m0/s1. The van der Waals surface area contributed by atoms with Crippen molar-refractivity contribution in [3.8, 4) is 17.1 Å². The van der Waals surface area contributed by atoms with Crippen LogP contribution in [0.3, 0.4) is 0 Å². The van der Waals surface area contributed by atoms with Gasteiger partial charge in [0.15, 0.2) is 5.82 Å². The van der Waals surface area contributed by atoms with Crippen LogP contribution in [0.1, 0.15) is 30.9 Å². The highest BCUT2D eigenvalue weighted by atomic mass is 32.1. The molecule has 7 nitrogen and oxygen atoms in total. The molecule has 1 aliphatic heterocycles. The molecule has 1 saturated heterocycles. The Morgan fingerprint density at radius 1 is 1.00 bits per heavy atom. The molecule has 0 bridgehead atoms. The van der Waals surface area contributed by atoms with Crippen LogP contribution in [0, 0.1) is 18.6 Å². The van der Waals surface area contributed by atoms with Crippen molar-refractivity contribution in [1.82, 2.24) is 29.5 Å². The second-order valence-corrected chi connectivity index (χ2v) is 10.3. The Kier molecular flexibility index (Phi) is 6.86. The van der Waals surface area contributed by atoms with Gasteiger partial charge >= 0.3 is 0 Å². The quantitative estimate of drug-likeness (QED) is 0.509. The van der Waals surface area contributed by atoms with E-state index < -0.39 is 0 Å². The first-order chi connectivity index (χ1) is 16.9. The molecule has 1 saturated carbocycles. The summed E-state index contributed by atoms with van der Waals surface area (Å²) in [5.41, 5.74) is 4.48.